The molecule has 0 heterocycles. The van der Waals surface area contributed by atoms with Crippen LogP contribution in [0.3, 0.4) is 0 Å². The van der Waals surface area contributed by atoms with Crippen LogP contribution in [0.1, 0.15) is 0 Å². The van der Waals surface area contributed by atoms with Crippen LogP contribution in [-0.2, 0) is 0 Å². The van der Waals surface area contributed by atoms with Crippen LogP contribution >= 0.6 is 11.6 Å². The topological polar surface area (TPSA) is 111 Å². The largest absolute Gasteiger partial charge is 0.303 e. The van der Waals surface area contributed by atoms with Crippen LogP contribution in [-0.4, -0.2) is 22.3 Å². The number of rotatable bonds is 5. The zero-order valence-electron chi connectivity index (χ0n) is 8.45. The number of alkyl halides is 1. The van der Waals surface area contributed by atoms with E-state index in [1.54, 1.807) is 0 Å². The number of hydrogen-bond acceptors (Lipinski definition) is 6. The van der Waals surface area contributed by atoms with Crippen molar-refractivity contribution in [3.63, 3.8) is 0 Å². The third-order valence-electron chi connectivity index (χ3n) is 1.73. The standard InChI is InChI=1S/C8H7ClN4O4/c9-3-4-10-11-7-2-1-6(12(14)15)5-8(7)13(16)17/h1-2,5H,3-4H2. The van der Waals surface area contributed by atoms with Gasteiger partial charge in [0.25, 0.3) is 5.69 Å². The summed E-state index contributed by atoms with van der Waals surface area (Å²) in [5.41, 5.74) is -0.865. The van der Waals surface area contributed by atoms with Gasteiger partial charge in [-0.25, -0.2) is 0 Å². The van der Waals surface area contributed by atoms with Crippen molar-refractivity contribution >= 4 is 28.7 Å². The van der Waals surface area contributed by atoms with Gasteiger partial charge in [-0.15, -0.1) is 16.7 Å². The van der Waals surface area contributed by atoms with Crippen LogP contribution in [0.5, 0.6) is 0 Å². The molecule has 0 radical (unpaired) electrons. The van der Waals surface area contributed by atoms with E-state index in [4.69, 9.17) is 11.6 Å². The summed E-state index contributed by atoms with van der Waals surface area (Å²) in [5, 5.41) is 28.3. The van der Waals surface area contributed by atoms with E-state index in [1.165, 1.54) is 6.07 Å². The average Bonchev–Trinajstić information content (AvgIpc) is 2.29. The Hall–Kier alpha value is -2.09. The molecule has 0 saturated heterocycles. The first-order chi connectivity index (χ1) is 8.06. The van der Waals surface area contributed by atoms with Crippen molar-refractivity contribution in [3.8, 4) is 0 Å². The first kappa shape index (κ1) is 13.0. The van der Waals surface area contributed by atoms with Crippen molar-refractivity contribution in [2.45, 2.75) is 0 Å². The normalized spacial score (nSPS) is 10.6. The molecule has 0 aliphatic heterocycles. The number of nitrogens with zero attached hydrogens (tertiary/aromatic N) is 4. The van der Waals surface area contributed by atoms with Crippen molar-refractivity contribution in [3.05, 3.63) is 38.4 Å². The zero-order chi connectivity index (χ0) is 12.8. The maximum Gasteiger partial charge on any atom is 0.303 e. The molecule has 0 N–H and O–H groups in total. The van der Waals surface area contributed by atoms with Gasteiger partial charge in [-0.3, -0.25) is 20.2 Å². The first-order valence-corrected chi connectivity index (χ1v) is 4.96. The van der Waals surface area contributed by atoms with Gasteiger partial charge in [-0.1, -0.05) is 0 Å². The summed E-state index contributed by atoms with van der Waals surface area (Å²) in [6.45, 7) is 0.218. The Bertz CT molecular complexity index is 477. The van der Waals surface area contributed by atoms with Crippen LogP contribution in [0.4, 0.5) is 17.1 Å². The summed E-state index contributed by atoms with van der Waals surface area (Å²) >= 11 is 5.36. The molecule has 0 bridgehead atoms. The fourth-order valence-corrected chi connectivity index (χ4v) is 1.10. The van der Waals surface area contributed by atoms with E-state index >= 15 is 0 Å². The molecule has 0 spiro atoms. The number of azo groups is 1. The lowest BCUT2D eigenvalue weighted by molar-refractivity contribution is -0.393. The summed E-state index contributed by atoms with van der Waals surface area (Å²) in [6, 6.07) is 3.14. The monoisotopic (exact) mass is 258 g/mol. The molecule has 1 aromatic rings. The fraction of sp³-hybridized carbons (Fsp3) is 0.250. The Balaban J connectivity index is 3.13. The second kappa shape index (κ2) is 5.85. The Morgan fingerprint density at radius 2 is 1.94 bits per heavy atom. The number of nitro benzene ring substituents is 2. The molecule has 0 atom stereocenters. The van der Waals surface area contributed by atoms with Gasteiger partial charge in [0.05, 0.1) is 22.5 Å². The highest BCUT2D eigenvalue weighted by Gasteiger charge is 2.19. The van der Waals surface area contributed by atoms with Crippen molar-refractivity contribution in [2.75, 3.05) is 12.4 Å². The van der Waals surface area contributed by atoms with Gasteiger partial charge < -0.3 is 0 Å². The Kier molecular flexibility index (Phi) is 4.46. The highest BCUT2D eigenvalue weighted by molar-refractivity contribution is 6.18. The van der Waals surface area contributed by atoms with Gasteiger partial charge in [-0.05, 0) is 6.07 Å². The molecule has 1 rings (SSSR count). The Morgan fingerprint density at radius 1 is 1.24 bits per heavy atom. The van der Waals surface area contributed by atoms with Crippen LogP contribution < -0.4 is 0 Å². The van der Waals surface area contributed by atoms with E-state index < -0.39 is 15.5 Å². The molecule has 0 aromatic heterocycles. The van der Waals surface area contributed by atoms with Gasteiger partial charge in [0.2, 0.25) is 0 Å². The number of non-ortho nitro benzene ring substituents is 1. The molecule has 0 saturated carbocycles. The molecule has 0 aliphatic rings. The van der Waals surface area contributed by atoms with Gasteiger partial charge >= 0.3 is 5.69 Å². The zero-order valence-corrected chi connectivity index (χ0v) is 9.20. The third kappa shape index (κ3) is 3.45. The lowest BCUT2D eigenvalue weighted by Crippen LogP contribution is -1.92. The lowest BCUT2D eigenvalue weighted by Gasteiger charge is -1.96. The molecule has 1 aromatic carbocycles. The molecule has 0 amide bonds. The van der Waals surface area contributed by atoms with Gasteiger partial charge in [0.1, 0.15) is 0 Å². The van der Waals surface area contributed by atoms with E-state index in [2.05, 4.69) is 10.2 Å². The second-order valence-corrected chi connectivity index (χ2v) is 3.22. The number of nitro groups is 2. The molecule has 0 aliphatic carbocycles. The summed E-state index contributed by atoms with van der Waals surface area (Å²) in [4.78, 5) is 19.7. The number of hydrogen-bond donors (Lipinski definition) is 0. The van der Waals surface area contributed by atoms with Crippen LogP contribution in [0.15, 0.2) is 28.4 Å². The van der Waals surface area contributed by atoms with Gasteiger partial charge in [0, 0.05) is 11.9 Å². The Morgan fingerprint density at radius 3 is 2.47 bits per heavy atom. The summed E-state index contributed by atoms with van der Waals surface area (Å²) in [7, 11) is 0. The van der Waals surface area contributed by atoms with Crippen molar-refractivity contribution in [1.82, 2.24) is 0 Å². The Labute approximate surface area is 100 Å². The molecule has 9 heteroatoms. The quantitative estimate of drug-likeness (QED) is 0.350. The highest BCUT2D eigenvalue weighted by Crippen LogP contribution is 2.31. The SMILES string of the molecule is O=[N+]([O-])c1ccc(N=NCCCl)c([N+](=O)[O-])c1. The summed E-state index contributed by atoms with van der Waals surface area (Å²) < 4.78 is 0. The second-order valence-electron chi connectivity index (χ2n) is 2.84. The first-order valence-electron chi connectivity index (χ1n) is 4.42. The van der Waals surface area contributed by atoms with Crippen LogP contribution in [0, 0.1) is 20.2 Å². The minimum atomic E-state index is -0.748. The van der Waals surface area contributed by atoms with E-state index in [1.807, 2.05) is 0 Å². The van der Waals surface area contributed by atoms with E-state index in [-0.39, 0.29) is 23.8 Å². The van der Waals surface area contributed by atoms with Crippen molar-refractivity contribution in [2.24, 2.45) is 10.2 Å². The maximum absolute atomic E-state index is 10.7. The smallest absolute Gasteiger partial charge is 0.258 e. The minimum absolute atomic E-state index is 0.0364. The molecule has 90 valence electrons. The number of benzene rings is 1. The number of halogens is 1. The lowest BCUT2D eigenvalue weighted by atomic mass is 10.2. The van der Waals surface area contributed by atoms with Crippen molar-refractivity contribution in [1.29, 1.82) is 0 Å². The van der Waals surface area contributed by atoms with Gasteiger partial charge in [0.15, 0.2) is 5.69 Å². The maximum atomic E-state index is 10.7. The summed E-state index contributed by atoms with van der Waals surface area (Å²) in [5.74, 6) is 0.240. The highest BCUT2D eigenvalue weighted by atomic mass is 35.5. The van der Waals surface area contributed by atoms with Crippen LogP contribution in [0.25, 0.3) is 0 Å². The fourth-order valence-electron chi connectivity index (χ4n) is 1.02. The molecule has 0 unspecified atom stereocenters. The van der Waals surface area contributed by atoms with Gasteiger partial charge in [-0.2, -0.15) is 5.11 Å². The molecular formula is C8H7ClN4O4. The molecule has 17 heavy (non-hydrogen) atoms. The van der Waals surface area contributed by atoms with E-state index in [0.717, 1.165) is 12.1 Å². The molecular weight excluding hydrogens is 252 g/mol. The third-order valence-corrected chi connectivity index (χ3v) is 1.90. The predicted octanol–water partition coefficient (Wildman–Crippen LogP) is 2.83. The molecule has 0 fully saturated rings. The van der Waals surface area contributed by atoms with Crippen LogP contribution in [0.2, 0.25) is 0 Å². The minimum Gasteiger partial charge on any atom is -0.258 e. The van der Waals surface area contributed by atoms with Crippen molar-refractivity contribution < 1.29 is 9.85 Å². The summed E-state index contributed by atoms with van der Waals surface area (Å²) in [6.07, 6.45) is 0. The average molecular weight is 259 g/mol. The van der Waals surface area contributed by atoms with E-state index in [9.17, 15) is 20.2 Å². The van der Waals surface area contributed by atoms with E-state index in [0.29, 0.717) is 0 Å². The molecule has 8 nitrogen and oxygen atoms in total. The predicted molar refractivity (Wildman–Crippen MR) is 59.9 cm³/mol.